The van der Waals surface area contributed by atoms with E-state index in [4.69, 9.17) is 16.3 Å². The zero-order valence-corrected chi connectivity index (χ0v) is 17.3. The maximum absolute atomic E-state index is 13.1. The summed E-state index contributed by atoms with van der Waals surface area (Å²) in [5, 5.41) is 3.32. The number of ether oxygens (including phenoxy) is 1. The van der Waals surface area contributed by atoms with E-state index in [0.717, 1.165) is 5.56 Å². The highest BCUT2D eigenvalue weighted by Crippen LogP contribution is 2.32. The van der Waals surface area contributed by atoms with E-state index in [2.05, 4.69) is 5.32 Å². The van der Waals surface area contributed by atoms with Crippen molar-refractivity contribution in [2.75, 3.05) is 20.2 Å². The molecule has 0 atom stereocenters. The Morgan fingerprint density at radius 2 is 1.83 bits per heavy atom. The second kappa shape index (κ2) is 7.99. The predicted molar refractivity (Wildman–Crippen MR) is 111 cm³/mol. The molecule has 2 aromatic carbocycles. The Balaban J connectivity index is 1.46. The number of methoxy groups -OCH3 is 1. The van der Waals surface area contributed by atoms with E-state index < -0.39 is 5.54 Å². The van der Waals surface area contributed by atoms with Gasteiger partial charge in [0.05, 0.1) is 19.2 Å². The van der Waals surface area contributed by atoms with Gasteiger partial charge >= 0.3 is 6.03 Å². The van der Waals surface area contributed by atoms with E-state index in [9.17, 15) is 14.4 Å². The molecule has 1 N–H and O–H groups in total. The Bertz CT molecular complexity index is 987. The molecule has 2 heterocycles. The summed E-state index contributed by atoms with van der Waals surface area (Å²) in [6.45, 7) is 0.926. The first-order valence-corrected chi connectivity index (χ1v) is 10.1. The molecule has 4 rings (SSSR count). The van der Waals surface area contributed by atoms with Crippen LogP contribution in [0.5, 0.6) is 5.75 Å². The number of urea groups is 1. The minimum Gasteiger partial charge on any atom is -0.496 e. The Labute approximate surface area is 179 Å². The number of rotatable bonds is 4. The number of carbonyl (C=O) groups is 3. The van der Waals surface area contributed by atoms with Crippen LogP contribution >= 0.6 is 11.6 Å². The smallest absolute Gasteiger partial charge is 0.325 e. The lowest BCUT2D eigenvalue weighted by atomic mass is 9.87. The van der Waals surface area contributed by atoms with Gasteiger partial charge in [-0.25, -0.2) is 4.79 Å². The van der Waals surface area contributed by atoms with Gasteiger partial charge in [-0.15, -0.1) is 0 Å². The van der Waals surface area contributed by atoms with Crippen molar-refractivity contribution in [3.05, 3.63) is 64.7 Å². The number of nitrogens with one attached hydrogen (secondary N) is 1. The molecule has 0 bridgehead atoms. The van der Waals surface area contributed by atoms with Gasteiger partial charge in [-0.2, -0.15) is 0 Å². The van der Waals surface area contributed by atoms with Crippen LogP contribution in [0.15, 0.2) is 48.5 Å². The van der Waals surface area contributed by atoms with Crippen molar-refractivity contribution in [3.63, 3.8) is 0 Å². The van der Waals surface area contributed by atoms with E-state index in [1.54, 1.807) is 23.1 Å². The minimum atomic E-state index is -0.957. The van der Waals surface area contributed by atoms with Crippen molar-refractivity contribution in [3.8, 4) is 5.75 Å². The van der Waals surface area contributed by atoms with Gasteiger partial charge in [-0.05, 0) is 36.6 Å². The fourth-order valence-electron chi connectivity index (χ4n) is 4.03. The van der Waals surface area contributed by atoms with Crippen molar-refractivity contribution >= 4 is 29.4 Å². The van der Waals surface area contributed by atoms with E-state index in [0.29, 0.717) is 42.3 Å². The molecule has 2 saturated heterocycles. The molecule has 2 fully saturated rings. The number of halogens is 1. The third kappa shape index (κ3) is 3.61. The summed E-state index contributed by atoms with van der Waals surface area (Å²) >= 11 is 6.05. The molecule has 2 aliphatic rings. The number of imide groups is 1. The molecule has 1 spiro atoms. The van der Waals surface area contributed by atoms with Crippen LogP contribution in [0.1, 0.15) is 28.8 Å². The largest absolute Gasteiger partial charge is 0.496 e. The average molecular weight is 428 g/mol. The first kappa shape index (κ1) is 20.2. The maximum Gasteiger partial charge on any atom is 0.325 e. The SMILES string of the molecule is COc1ccc(Cl)cc1C(=O)N1CCC2(CC1)NC(=O)N(Cc1ccccc1)C2=O. The third-order valence-electron chi connectivity index (χ3n) is 5.73. The summed E-state index contributed by atoms with van der Waals surface area (Å²) in [7, 11) is 1.50. The fourth-order valence-corrected chi connectivity index (χ4v) is 4.21. The Kier molecular flexibility index (Phi) is 5.39. The number of likely N-dealkylation sites (tertiary alicyclic amines) is 1. The van der Waals surface area contributed by atoms with Crippen molar-refractivity contribution in [2.45, 2.75) is 24.9 Å². The monoisotopic (exact) mass is 427 g/mol. The van der Waals surface area contributed by atoms with E-state index in [1.807, 2.05) is 30.3 Å². The highest BCUT2D eigenvalue weighted by Gasteiger charge is 2.52. The molecule has 4 amide bonds. The standard InChI is InChI=1S/C22H22ClN3O4/c1-30-18-8-7-16(23)13-17(18)19(27)25-11-9-22(10-12-25)20(28)26(21(29)24-22)14-15-5-3-2-4-6-15/h2-8,13H,9-12,14H2,1H3,(H,24,29). The summed E-state index contributed by atoms with van der Waals surface area (Å²) in [6.07, 6.45) is 0.717. The summed E-state index contributed by atoms with van der Waals surface area (Å²) in [5.41, 5.74) is 0.313. The second-order valence-electron chi connectivity index (χ2n) is 7.53. The lowest BCUT2D eigenvalue weighted by Gasteiger charge is -2.37. The number of benzene rings is 2. The van der Waals surface area contributed by atoms with Gasteiger partial charge in [-0.3, -0.25) is 14.5 Å². The van der Waals surface area contributed by atoms with Crippen LogP contribution in [0.4, 0.5) is 4.79 Å². The van der Waals surface area contributed by atoms with Gasteiger partial charge < -0.3 is 15.0 Å². The third-order valence-corrected chi connectivity index (χ3v) is 5.96. The van der Waals surface area contributed by atoms with E-state index >= 15 is 0 Å². The number of piperidine rings is 1. The van der Waals surface area contributed by atoms with Gasteiger partial charge in [0.25, 0.3) is 11.8 Å². The first-order chi connectivity index (χ1) is 14.4. The van der Waals surface area contributed by atoms with Crippen LogP contribution in [0.3, 0.4) is 0 Å². The molecule has 2 aliphatic heterocycles. The van der Waals surface area contributed by atoms with Gasteiger partial charge in [0.1, 0.15) is 11.3 Å². The van der Waals surface area contributed by atoms with Crippen molar-refractivity contribution in [1.29, 1.82) is 0 Å². The van der Waals surface area contributed by atoms with Crippen LogP contribution in [-0.2, 0) is 11.3 Å². The first-order valence-electron chi connectivity index (χ1n) is 9.74. The predicted octanol–water partition coefficient (Wildman–Crippen LogP) is 3.08. The van der Waals surface area contributed by atoms with Gasteiger partial charge in [0.2, 0.25) is 0 Å². The highest BCUT2D eigenvalue weighted by molar-refractivity contribution is 6.31. The fraction of sp³-hybridized carbons (Fsp3) is 0.318. The van der Waals surface area contributed by atoms with Crippen molar-refractivity contribution in [1.82, 2.24) is 15.1 Å². The van der Waals surface area contributed by atoms with Gasteiger partial charge in [0, 0.05) is 18.1 Å². The summed E-state index contributed by atoms with van der Waals surface area (Å²) in [4.78, 5) is 41.5. The molecule has 0 unspecified atom stereocenters. The zero-order valence-electron chi connectivity index (χ0n) is 16.6. The number of amides is 4. The van der Waals surface area contributed by atoms with Crippen molar-refractivity contribution < 1.29 is 19.1 Å². The molecular weight excluding hydrogens is 406 g/mol. The molecule has 0 radical (unpaired) electrons. The maximum atomic E-state index is 13.1. The molecule has 0 aliphatic carbocycles. The molecule has 156 valence electrons. The van der Waals surface area contributed by atoms with E-state index in [-0.39, 0.29) is 24.4 Å². The minimum absolute atomic E-state index is 0.206. The highest BCUT2D eigenvalue weighted by atomic mass is 35.5. The molecule has 7 nitrogen and oxygen atoms in total. The van der Waals surface area contributed by atoms with Crippen LogP contribution in [-0.4, -0.2) is 53.4 Å². The van der Waals surface area contributed by atoms with Crippen LogP contribution < -0.4 is 10.1 Å². The Morgan fingerprint density at radius 3 is 2.50 bits per heavy atom. The molecule has 30 heavy (non-hydrogen) atoms. The number of nitrogens with zero attached hydrogens (tertiary/aromatic N) is 2. The summed E-state index contributed by atoms with van der Waals surface area (Å²) < 4.78 is 5.28. The van der Waals surface area contributed by atoms with E-state index in [1.165, 1.54) is 12.0 Å². The number of hydrogen-bond acceptors (Lipinski definition) is 4. The van der Waals surface area contributed by atoms with Crippen LogP contribution in [0, 0.1) is 0 Å². The van der Waals surface area contributed by atoms with Crippen molar-refractivity contribution in [2.24, 2.45) is 0 Å². The van der Waals surface area contributed by atoms with Crippen LogP contribution in [0.2, 0.25) is 5.02 Å². The lowest BCUT2D eigenvalue weighted by molar-refractivity contribution is -0.133. The topological polar surface area (TPSA) is 79.0 Å². The molecule has 0 aromatic heterocycles. The van der Waals surface area contributed by atoms with Gasteiger partial charge in [-0.1, -0.05) is 41.9 Å². The molecule has 2 aromatic rings. The van der Waals surface area contributed by atoms with Gasteiger partial charge in [0.15, 0.2) is 0 Å². The normalized spacial score (nSPS) is 17.9. The molecule has 8 heteroatoms. The summed E-state index contributed by atoms with van der Waals surface area (Å²) in [6, 6.07) is 13.9. The zero-order chi connectivity index (χ0) is 21.3. The number of hydrogen-bond donors (Lipinski definition) is 1. The molecule has 0 saturated carbocycles. The number of carbonyl (C=O) groups excluding carboxylic acids is 3. The Morgan fingerprint density at radius 1 is 1.13 bits per heavy atom. The quantitative estimate of drug-likeness (QED) is 0.760. The Hall–Kier alpha value is -3.06. The lowest BCUT2D eigenvalue weighted by Crippen LogP contribution is -2.55. The second-order valence-corrected chi connectivity index (χ2v) is 7.96. The molecular formula is C22H22ClN3O4. The average Bonchev–Trinajstić information content (AvgIpc) is 2.98. The summed E-state index contributed by atoms with van der Waals surface area (Å²) in [5.74, 6) is 0.00914. The van der Waals surface area contributed by atoms with Crippen LogP contribution in [0.25, 0.3) is 0 Å².